The van der Waals surface area contributed by atoms with Crippen molar-refractivity contribution in [3.8, 4) is 0 Å². The van der Waals surface area contributed by atoms with Gasteiger partial charge < -0.3 is 10.6 Å². The van der Waals surface area contributed by atoms with E-state index in [1.54, 1.807) is 0 Å². The summed E-state index contributed by atoms with van der Waals surface area (Å²) in [6, 6.07) is 0. The quantitative estimate of drug-likeness (QED) is 0.656. The third-order valence-electron chi connectivity index (χ3n) is 2.89. The highest BCUT2D eigenvalue weighted by molar-refractivity contribution is 5.76. The maximum Gasteiger partial charge on any atom is 0.221 e. The molecule has 0 fully saturated rings. The lowest BCUT2D eigenvalue weighted by Gasteiger charge is -2.20. The number of aryl methyl sites for hydroxylation is 2. The molecule has 1 aromatic rings. The molecule has 0 radical (unpaired) electrons. The predicted molar refractivity (Wildman–Crippen MR) is 77.0 cm³/mol. The van der Waals surface area contributed by atoms with Crippen molar-refractivity contribution in [3.05, 3.63) is 17.5 Å². The Morgan fingerprint density at radius 3 is 2.68 bits per heavy atom. The summed E-state index contributed by atoms with van der Waals surface area (Å²) < 4.78 is 0. The Balaban J connectivity index is 2.06. The fourth-order valence-electron chi connectivity index (χ4n) is 1.77. The third-order valence-corrected chi connectivity index (χ3v) is 2.89. The number of carbonyl (C=O) groups is 1. The maximum atomic E-state index is 11.6. The van der Waals surface area contributed by atoms with Gasteiger partial charge in [-0.05, 0) is 46.1 Å². The molecule has 0 aliphatic carbocycles. The minimum absolute atomic E-state index is 0.0685. The second-order valence-electron chi connectivity index (χ2n) is 5.90. The Morgan fingerprint density at radius 1 is 1.37 bits per heavy atom. The number of aromatic nitrogens is 2. The molecule has 0 atom stereocenters. The fraction of sp³-hybridized carbons (Fsp3) is 0.714. The maximum absolute atomic E-state index is 11.6. The summed E-state index contributed by atoms with van der Waals surface area (Å²) in [4.78, 5) is 11.6. The van der Waals surface area contributed by atoms with Gasteiger partial charge in [0.1, 0.15) is 0 Å². The lowest BCUT2D eigenvalue weighted by Crippen LogP contribution is -2.38. The van der Waals surface area contributed by atoms with Crippen molar-refractivity contribution in [1.29, 1.82) is 0 Å². The van der Waals surface area contributed by atoms with Crippen molar-refractivity contribution in [2.45, 2.75) is 52.5 Å². The van der Waals surface area contributed by atoms with Crippen molar-refractivity contribution >= 4 is 5.91 Å². The van der Waals surface area contributed by atoms with E-state index in [0.29, 0.717) is 6.42 Å². The molecule has 1 aromatic heterocycles. The van der Waals surface area contributed by atoms with E-state index in [9.17, 15) is 4.79 Å². The molecule has 1 amide bonds. The molecule has 0 aliphatic rings. The molecule has 3 N–H and O–H groups in total. The number of H-pyrrole nitrogens is 1. The van der Waals surface area contributed by atoms with E-state index < -0.39 is 0 Å². The minimum atomic E-state index is 0.0685. The van der Waals surface area contributed by atoms with E-state index in [4.69, 9.17) is 0 Å². The standard InChI is InChI=1S/C14H26N4O/c1-11-12(10-17-18-11)6-5-8-15-13(19)7-9-16-14(2,3)4/h10,16H,5-9H2,1-4H3,(H,15,19)(H,17,18). The Kier molecular flexibility index (Phi) is 6.02. The van der Waals surface area contributed by atoms with E-state index >= 15 is 0 Å². The molecule has 0 aliphatic heterocycles. The molecule has 0 aromatic carbocycles. The number of carbonyl (C=O) groups excluding carboxylic acids is 1. The Morgan fingerprint density at radius 2 is 2.11 bits per heavy atom. The Hall–Kier alpha value is -1.36. The third kappa shape index (κ3) is 6.96. The minimum Gasteiger partial charge on any atom is -0.356 e. The van der Waals surface area contributed by atoms with Gasteiger partial charge in [0.2, 0.25) is 5.91 Å². The number of rotatable bonds is 7. The number of nitrogens with one attached hydrogen (secondary N) is 3. The van der Waals surface area contributed by atoms with Crippen LogP contribution in [0.25, 0.3) is 0 Å². The summed E-state index contributed by atoms with van der Waals surface area (Å²) in [6.45, 7) is 9.74. The summed E-state index contributed by atoms with van der Waals surface area (Å²) in [7, 11) is 0. The molecule has 5 heteroatoms. The van der Waals surface area contributed by atoms with Crippen LogP contribution in [0.3, 0.4) is 0 Å². The average molecular weight is 266 g/mol. The highest BCUT2D eigenvalue weighted by Crippen LogP contribution is 2.05. The van der Waals surface area contributed by atoms with Gasteiger partial charge in [0.05, 0.1) is 6.20 Å². The van der Waals surface area contributed by atoms with Gasteiger partial charge >= 0.3 is 0 Å². The number of nitrogens with zero attached hydrogens (tertiary/aromatic N) is 1. The van der Waals surface area contributed by atoms with Crippen LogP contribution >= 0.6 is 0 Å². The number of aromatic amines is 1. The first-order valence-corrected chi connectivity index (χ1v) is 6.89. The van der Waals surface area contributed by atoms with Gasteiger partial charge in [-0.15, -0.1) is 0 Å². The van der Waals surface area contributed by atoms with E-state index in [1.165, 1.54) is 5.56 Å². The van der Waals surface area contributed by atoms with Crippen LogP contribution in [-0.4, -0.2) is 34.7 Å². The van der Waals surface area contributed by atoms with Gasteiger partial charge in [-0.3, -0.25) is 9.89 Å². The van der Waals surface area contributed by atoms with Crippen molar-refractivity contribution in [2.24, 2.45) is 0 Å². The lowest BCUT2D eigenvalue weighted by atomic mass is 10.1. The smallest absolute Gasteiger partial charge is 0.221 e. The van der Waals surface area contributed by atoms with Crippen LogP contribution in [0.1, 0.15) is 44.9 Å². The molecule has 0 spiro atoms. The Labute approximate surface area is 115 Å². The van der Waals surface area contributed by atoms with Crippen LogP contribution in [0.2, 0.25) is 0 Å². The van der Waals surface area contributed by atoms with Gasteiger partial charge in [-0.2, -0.15) is 5.10 Å². The molecule has 1 heterocycles. The fourth-order valence-corrected chi connectivity index (χ4v) is 1.77. The molecule has 108 valence electrons. The molecule has 19 heavy (non-hydrogen) atoms. The summed E-state index contributed by atoms with van der Waals surface area (Å²) >= 11 is 0. The van der Waals surface area contributed by atoms with Crippen LogP contribution in [-0.2, 0) is 11.2 Å². The zero-order valence-electron chi connectivity index (χ0n) is 12.5. The number of hydrogen-bond acceptors (Lipinski definition) is 3. The second-order valence-corrected chi connectivity index (χ2v) is 5.90. The molecule has 0 bridgehead atoms. The van der Waals surface area contributed by atoms with Crippen molar-refractivity contribution in [2.75, 3.05) is 13.1 Å². The number of hydrogen-bond donors (Lipinski definition) is 3. The van der Waals surface area contributed by atoms with Gasteiger partial charge in [0, 0.05) is 30.7 Å². The van der Waals surface area contributed by atoms with E-state index in [0.717, 1.165) is 31.6 Å². The Bertz CT molecular complexity index is 392. The van der Waals surface area contributed by atoms with Crippen molar-refractivity contribution in [3.63, 3.8) is 0 Å². The number of amides is 1. The molecule has 0 saturated heterocycles. The van der Waals surface area contributed by atoms with Crippen molar-refractivity contribution < 1.29 is 4.79 Å². The summed E-state index contributed by atoms with van der Waals surface area (Å²) in [5.41, 5.74) is 2.41. The zero-order valence-corrected chi connectivity index (χ0v) is 12.5. The molecule has 1 rings (SSSR count). The summed E-state index contributed by atoms with van der Waals surface area (Å²) in [5.74, 6) is 0.112. The zero-order chi connectivity index (χ0) is 14.3. The monoisotopic (exact) mass is 266 g/mol. The van der Waals surface area contributed by atoms with Crippen LogP contribution in [0, 0.1) is 6.92 Å². The van der Waals surface area contributed by atoms with Gasteiger partial charge in [0.15, 0.2) is 0 Å². The molecular weight excluding hydrogens is 240 g/mol. The van der Waals surface area contributed by atoms with Gasteiger partial charge in [-0.1, -0.05) is 0 Å². The highest BCUT2D eigenvalue weighted by atomic mass is 16.1. The van der Waals surface area contributed by atoms with Crippen LogP contribution in [0.15, 0.2) is 6.20 Å². The van der Waals surface area contributed by atoms with Crippen LogP contribution in [0.5, 0.6) is 0 Å². The average Bonchev–Trinajstić information content (AvgIpc) is 2.69. The van der Waals surface area contributed by atoms with E-state index in [-0.39, 0.29) is 11.4 Å². The topological polar surface area (TPSA) is 69.8 Å². The van der Waals surface area contributed by atoms with Crippen LogP contribution in [0.4, 0.5) is 0 Å². The molecule has 0 unspecified atom stereocenters. The van der Waals surface area contributed by atoms with E-state index in [2.05, 4.69) is 41.6 Å². The summed E-state index contributed by atoms with van der Waals surface area (Å²) in [5, 5.41) is 13.1. The van der Waals surface area contributed by atoms with Crippen LogP contribution < -0.4 is 10.6 Å². The van der Waals surface area contributed by atoms with E-state index in [1.807, 2.05) is 13.1 Å². The van der Waals surface area contributed by atoms with Crippen molar-refractivity contribution in [1.82, 2.24) is 20.8 Å². The largest absolute Gasteiger partial charge is 0.356 e. The van der Waals surface area contributed by atoms with Gasteiger partial charge in [0.25, 0.3) is 0 Å². The molecular formula is C14H26N4O. The second kappa shape index (κ2) is 7.28. The normalized spacial score (nSPS) is 11.6. The highest BCUT2D eigenvalue weighted by Gasteiger charge is 2.09. The van der Waals surface area contributed by atoms with Gasteiger partial charge in [-0.25, -0.2) is 0 Å². The SMILES string of the molecule is Cc1[nH]ncc1CCCNC(=O)CCNC(C)(C)C. The summed E-state index contributed by atoms with van der Waals surface area (Å²) in [6.07, 6.45) is 4.27. The molecule has 5 nitrogen and oxygen atoms in total. The predicted octanol–water partition coefficient (Wildman–Crippen LogP) is 1.55. The lowest BCUT2D eigenvalue weighted by molar-refractivity contribution is -0.121. The molecule has 0 saturated carbocycles. The first-order chi connectivity index (χ1) is 8.88. The first kappa shape index (κ1) is 15.7. The first-order valence-electron chi connectivity index (χ1n) is 6.89.